The molecule has 26 heavy (non-hydrogen) atoms. The third-order valence-electron chi connectivity index (χ3n) is 4.12. The van der Waals surface area contributed by atoms with Gasteiger partial charge in [-0.05, 0) is 24.6 Å². The van der Waals surface area contributed by atoms with Crippen LogP contribution in [0.4, 0.5) is 13.2 Å². The average molecular weight is 383 g/mol. The first-order valence-corrected chi connectivity index (χ1v) is 8.04. The first kappa shape index (κ1) is 18.4. The first-order valence-electron chi connectivity index (χ1n) is 7.66. The van der Waals surface area contributed by atoms with E-state index >= 15 is 0 Å². The molecule has 0 radical (unpaired) electrons. The Labute approximate surface area is 152 Å². The lowest BCUT2D eigenvalue weighted by atomic mass is 10.00. The molecule has 1 amide bonds. The molecule has 0 fully saturated rings. The van der Waals surface area contributed by atoms with E-state index < -0.39 is 24.2 Å². The normalized spacial score (nSPS) is 20.2. The third-order valence-corrected chi connectivity index (χ3v) is 4.45. The zero-order valence-corrected chi connectivity index (χ0v) is 14.3. The predicted octanol–water partition coefficient (Wildman–Crippen LogP) is 4.15. The van der Waals surface area contributed by atoms with Gasteiger partial charge in [-0.15, -0.1) is 0 Å². The highest BCUT2D eigenvalue weighted by atomic mass is 35.5. The van der Waals surface area contributed by atoms with Crippen LogP contribution in [0.15, 0.2) is 53.6 Å². The van der Waals surface area contributed by atoms with Crippen molar-refractivity contribution in [2.75, 3.05) is 0 Å². The number of alkyl halides is 3. The number of aliphatic hydroxyl groups is 1. The second kappa shape index (κ2) is 6.41. The van der Waals surface area contributed by atoms with Crippen LogP contribution in [0.1, 0.15) is 27.9 Å². The zero-order valence-electron chi connectivity index (χ0n) is 13.6. The van der Waals surface area contributed by atoms with Crippen LogP contribution in [0.25, 0.3) is 0 Å². The molecule has 0 saturated carbocycles. The summed E-state index contributed by atoms with van der Waals surface area (Å²) in [5.41, 5.74) is -2.34. The van der Waals surface area contributed by atoms with Crippen LogP contribution >= 0.6 is 11.6 Å². The number of carbonyl (C=O) groups excluding carboxylic acids is 1. The Morgan fingerprint density at radius 3 is 2.38 bits per heavy atom. The quantitative estimate of drug-likeness (QED) is 0.848. The topological polar surface area (TPSA) is 52.9 Å². The molecule has 1 atom stereocenters. The van der Waals surface area contributed by atoms with Crippen molar-refractivity contribution in [1.82, 2.24) is 5.01 Å². The Morgan fingerprint density at radius 2 is 1.81 bits per heavy atom. The van der Waals surface area contributed by atoms with Crippen LogP contribution in [-0.4, -0.2) is 33.6 Å². The van der Waals surface area contributed by atoms with Crippen molar-refractivity contribution in [2.45, 2.75) is 25.2 Å². The van der Waals surface area contributed by atoms with Gasteiger partial charge < -0.3 is 5.11 Å². The number of nitrogens with zero attached hydrogens (tertiary/aromatic N) is 2. The van der Waals surface area contributed by atoms with Crippen LogP contribution in [-0.2, 0) is 0 Å². The number of amides is 1. The Bertz CT molecular complexity index is 881. The highest BCUT2D eigenvalue weighted by molar-refractivity contribution is 6.33. The van der Waals surface area contributed by atoms with E-state index in [1.807, 2.05) is 6.92 Å². The van der Waals surface area contributed by atoms with Crippen molar-refractivity contribution >= 4 is 23.2 Å². The van der Waals surface area contributed by atoms with Crippen molar-refractivity contribution in [3.05, 3.63) is 70.2 Å². The number of hydrogen-bond donors (Lipinski definition) is 1. The summed E-state index contributed by atoms with van der Waals surface area (Å²) in [5.74, 6) is -1.13. The molecule has 0 aliphatic carbocycles. The van der Waals surface area contributed by atoms with Gasteiger partial charge in [0.15, 0.2) is 0 Å². The Kier molecular flexibility index (Phi) is 4.54. The first-order chi connectivity index (χ1) is 12.1. The number of benzene rings is 2. The Balaban J connectivity index is 2.07. The molecule has 0 aromatic heterocycles. The molecule has 3 rings (SSSR count). The second-order valence-electron chi connectivity index (χ2n) is 6.00. The molecule has 1 aliphatic heterocycles. The predicted molar refractivity (Wildman–Crippen MR) is 91.0 cm³/mol. The summed E-state index contributed by atoms with van der Waals surface area (Å²) in [5, 5.41) is 14.2. The van der Waals surface area contributed by atoms with Crippen molar-refractivity contribution in [3.8, 4) is 0 Å². The number of carbonyl (C=O) groups is 1. The minimum Gasteiger partial charge on any atom is -0.362 e. The van der Waals surface area contributed by atoms with Crippen LogP contribution in [0.2, 0.25) is 5.02 Å². The molecule has 8 heteroatoms. The number of hydrazone groups is 1. The maximum Gasteiger partial charge on any atom is 0.438 e. The Hall–Kier alpha value is -2.38. The molecule has 2 aromatic rings. The minimum atomic E-state index is -5.10. The van der Waals surface area contributed by atoms with Crippen molar-refractivity contribution in [1.29, 1.82) is 0 Å². The molecule has 1 aliphatic rings. The molecular weight excluding hydrogens is 369 g/mol. The minimum absolute atomic E-state index is 0.0268. The SMILES string of the molecule is Cc1ccc(C2=NN(C(=O)c3ccccc3Cl)[C@](O)(C(F)(F)F)C2)cc1. The summed E-state index contributed by atoms with van der Waals surface area (Å²) in [4.78, 5) is 12.6. The van der Waals surface area contributed by atoms with Gasteiger partial charge in [-0.3, -0.25) is 4.79 Å². The number of halogens is 4. The summed E-state index contributed by atoms with van der Waals surface area (Å²) >= 11 is 5.92. The number of aryl methyl sites for hydroxylation is 1. The summed E-state index contributed by atoms with van der Waals surface area (Å²) in [6.45, 7) is 1.83. The maximum atomic E-state index is 13.6. The van der Waals surface area contributed by atoms with Crippen molar-refractivity contribution < 1.29 is 23.1 Å². The maximum absolute atomic E-state index is 13.6. The molecule has 1 heterocycles. The van der Waals surface area contributed by atoms with E-state index in [2.05, 4.69) is 5.10 Å². The van der Waals surface area contributed by atoms with Gasteiger partial charge in [0.1, 0.15) is 0 Å². The van der Waals surface area contributed by atoms with Crippen molar-refractivity contribution in [2.24, 2.45) is 5.10 Å². The van der Waals surface area contributed by atoms with Gasteiger partial charge in [0.2, 0.25) is 0 Å². The number of rotatable bonds is 2. The van der Waals surface area contributed by atoms with Crippen LogP contribution in [0.3, 0.4) is 0 Å². The molecule has 136 valence electrons. The average Bonchev–Trinajstić information content (AvgIpc) is 2.94. The molecule has 0 saturated heterocycles. The highest BCUT2D eigenvalue weighted by Crippen LogP contribution is 2.42. The fourth-order valence-electron chi connectivity index (χ4n) is 2.64. The summed E-state index contributed by atoms with van der Waals surface area (Å²) in [6, 6.07) is 12.3. The van der Waals surface area contributed by atoms with E-state index in [4.69, 9.17) is 11.6 Å². The van der Waals surface area contributed by atoms with E-state index in [-0.39, 0.29) is 21.3 Å². The lowest BCUT2D eigenvalue weighted by Crippen LogP contribution is -2.56. The van der Waals surface area contributed by atoms with Gasteiger partial charge in [0, 0.05) is 0 Å². The fourth-order valence-corrected chi connectivity index (χ4v) is 2.85. The van der Waals surface area contributed by atoms with Gasteiger partial charge in [0.25, 0.3) is 11.6 Å². The molecule has 2 aromatic carbocycles. The molecule has 1 N–H and O–H groups in total. The van der Waals surface area contributed by atoms with Crippen LogP contribution in [0, 0.1) is 6.92 Å². The van der Waals surface area contributed by atoms with Crippen LogP contribution < -0.4 is 0 Å². The summed E-state index contributed by atoms with van der Waals surface area (Å²) in [6.07, 6.45) is -5.96. The largest absolute Gasteiger partial charge is 0.438 e. The second-order valence-corrected chi connectivity index (χ2v) is 6.41. The van der Waals surface area contributed by atoms with Crippen LogP contribution in [0.5, 0.6) is 0 Å². The molecular formula is C18H14ClF3N2O2. The van der Waals surface area contributed by atoms with Gasteiger partial charge in [0.05, 0.1) is 22.7 Å². The van der Waals surface area contributed by atoms with Gasteiger partial charge in [-0.2, -0.15) is 23.3 Å². The van der Waals surface area contributed by atoms with E-state index in [1.165, 1.54) is 18.2 Å². The summed E-state index contributed by atoms with van der Waals surface area (Å²) in [7, 11) is 0. The number of hydrogen-bond acceptors (Lipinski definition) is 3. The standard InChI is InChI=1S/C18H14ClF3N2O2/c1-11-6-8-12(9-7-11)15-10-17(26,18(20,21)22)24(23-15)16(25)13-4-2-3-5-14(13)19/h2-9,26H,10H2,1H3/t17-/m1/s1. The summed E-state index contributed by atoms with van der Waals surface area (Å²) < 4.78 is 40.7. The zero-order chi connectivity index (χ0) is 19.1. The van der Waals surface area contributed by atoms with Gasteiger partial charge in [-0.1, -0.05) is 53.6 Å². The van der Waals surface area contributed by atoms with E-state index in [0.717, 1.165) is 5.56 Å². The molecule has 0 bridgehead atoms. The van der Waals surface area contributed by atoms with E-state index in [1.54, 1.807) is 30.3 Å². The smallest absolute Gasteiger partial charge is 0.362 e. The van der Waals surface area contributed by atoms with Crippen molar-refractivity contribution in [3.63, 3.8) is 0 Å². The lowest BCUT2D eigenvalue weighted by molar-refractivity contribution is -0.297. The van der Waals surface area contributed by atoms with Gasteiger partial charge >= 0.3 is 6.18 Å². The molecule has 4 nitrogen and oxygen atoms in total. The monoisotopic (exact) mass is 382 g/mol. The lowest BCUT2D eigenvalue weighted by Gasteiger charge is -2.32. The van der Waals surface area contributed by atoms with E-state index in [9.17, 15) is 23.1 Å². The Morgan fingerprint density at radius 1 is 1.19 bits per heavy atom. The molecule has 0 unspecified atom stereocenters. The molecule has 0 spiro atoms. The highest BCUT2D eigenvalue weighted by Gasteiger charge is 2.63. The van der Waals surface area contributed by atoms with Gasteiger partial charge in [-0.25, -0.2) is 0 Å². The fraction of sp³-hybridized carbons (Fsp3) is 0.222. The van der Waals surface area contributed by atoms with E-state index in [0.29, 0.717) is 5.56 Å². The third kappa shape index (κ3) is 3.08.